The molecule has 2 aromatic carbocycles. The summed E-state index contributed by atoms with van der Waals surface area (Å²) in [7, 11) is 0. The van der Waals surface area contributed by atoms with E-state index in [0.717, 1.165) is 22.4 Å². The topological polar surface area (TPSA) is 97.6 Å². The van der Waals surface area contributed by atoms with Crippen molar-refractivity contribution < 1.29 is 4.79 Å². The highest BCUT2D eigenvalue weighted by atomic mass is 16.2. The Kier molecular flexibility index (Phi) is 4.46. The molecule has 1 fully saturated rings. The number of benzene rings is 2. The van der Waals surface area contributed by atoms with Crippen LogP contribution in [0.4, 0.5) is 5.69 Å². The van der Waals surface area contributed by atoms with Crippen LogP contribution in [0.5, 0.6) is 0 Å². The van der Waals surface area contributed by atoms with Gasteiger partial charge in [0.1, 0.15) is 12.4 Å². The average Bonchev–Trinajstić information content (AvgIpc) is 3.43. The number of carbonyl (C=O) groups is 1. The van der Waals surface area contributed by atoms with Crippen LogP contribution in [-0.2, 0) is 17.9 Å². The first kappa shape index (κ1) is 18.4. The minimum atomic E-state index is -0.252. The minimum Gasteiger partial charge on any atom is -0.325 e. The van der Waals surface area contributed by atoms with E-state index < -0.39 is 0 Å². The normalized spacial score (nSPS) is 13.6. The van der Waals surface area contributed by atoms with Crippen molar-refractivity contribution in [2.45, 2.75) is 38.8 Å². The van der Waals surface area contributed by atoms with Crippen molar-refractivity contribution in [1.82, 2.24) is 24.3 Å². The number of hydrogen-bond acceptors (Lipinski definition) is 4. The number of anilines is 1. The van der Waals surface area contributed by atoms with Crippen LogP contribution in [-0.4, -0.2) is 30.2 Å². The van der Waals surface area contributed by atoms with Gasteiger partial charge in [-0.3, -0.25) is 19.0 Å². The second-order valence-electron chi connectivity index (χ2n) is 7.55. The molecule has 4 aromatic rings. The van der Waals surface area contributed by atoms with Crippen LogP contribution in [0.25, 0.3) is 22.4 Å². The third kappa shape index (κ3) is 3.30. The fraction of sp³-hybridized carbons (Fsp3) is 0.273. The highest BCUT2D eigenvalue weighted by Crippen LogP contribution is 2.38. The van der Waals surface area contributed by atoms with Gasteiger partial charge < -0.3 is 5.32 Å². The minimum absolute atomic E-state index is 0.0419. The highest BCUT2D eigenvalue weighted by Gasteiger charge is 2.27. The fourth-order valence-corrected chi connectivity index (χ4v) is 3.72. The first-order valence-electron chi connectivity index (χ1n) is 10.1. The predicted octanol–water partition coefficient (Wildman–Crippen LogP) is 3.12. The molecule has 8 nitrogen and oxygen atoms in total. The molecule has 1 amide bonds. The molecule has 0 atom stereocenters. The van der Waals surface area contributed by atoms with Crippen molar-refractivity contribution in [1.29, 1.82) is 0 Å². The third-order valence-electron chi connectivity index (χ3n) is 5.44. The van der Waals surface area contributed by atoms with Crippen molar-refractivity contribution >= 4 is 22.6 Å². The molecule has 2 aromatic heterocycles. The van der Waals surface area contributed by atoms with E-state index in [-0.39, 0.29) is 18.1 Å². The molecular formula is C22H22N6O2. The van der Waals surface area contributed by atoms with Crippen LogP contribution in [0.2, 0.25) is 0 Å². The van der Waals surface area contributed by atoms with Gasteiger partial charge in [0.05, 0.1) is 11.0 Å². The Bertz CT molecular complexity index is 1280. The zero-order chi connectivity index (χ0) is 20.7. The SMILES string of the molecule is CCn1c(=O)n(CC(=O)Nc2ccc(-c3n[nH]c(C4CC4)n3)cc2)c2ccccc21. The first-order valence-corrected chi connectivity index (χ1v) is 10.1. The van der Waals surface area contributed by atoms with Crippen LogP contribution >= 0.6 is 0 Å². The fourth-order valence-electron chi connectivity index (χ4n) is 3.72. The second kappa shape index (κ2) is 7.29. The number of H-pyrrole nitrogens is 1. The summed E-state index contributed by atoms with van der Waals surface area (Å²) in [4.78, 5) is 29.8. The molecular weight excluding hydrogens is 380 g/mol. The molecule has 8 heteroatoms. The summed E-state index contributed by atoms with van der Waals surface area (Å²) in [6, 6.07) is 14.9. The number of fused-ring (bicyclic) bond motifs is 1. The van der Waals surface area contributed by atoms with Crippen LogP contribution in [0.3, 0.4) is 0 Å². The van der Waals surface area contributed by atoms with Gasteiger partial charge in [0, 0.05) is 23.7 Å². The number of aromatic nitrogens is 5. The summed E-state index contributed by atoms with van der Waals surface area (Å²) in [6.07, 6.45) is 2.33. The van der Waals surface area contributed by atoms with E-state index in [0.29, 0.717) is 24.0 Å². The monoisotopic (exact) mass is 402 g/mol. The number of nitrogens with zero attached hydrogens (tertiary/aromatic N) is 4. The van der Waals surface area contributed by atoms with E-state index >= 15 is 0 Å². The molecule has 1 saturated carbocycles. The Hall–Kier alpha value is -3.68. The maximum Gasteiger partial charge on any atom is 0.329 e. The summed E-state index contributed by atoms with van der Waals surface area (Å²) in [5, 5.41) is 10.1. The Morgan fingerprint density at radius 1 is 1.10 bits per heavy atom. The van der Waals surface area contributed by atoms with Gasteiger partial charge in [0.15, 0.2) is 5.82 Å². The lowest BCUT2D eigenvalue weighted by atomic mass is 10.2. The number of para-hydroxylation sites is 2. The lowest BCUT2D eigenvalue weighted by Gasteiger charge is -2.07. The van der Waals surface area contributed by atoms with E-state index in [9.17, 15) is 9.59 Å². The summed E-state index contributed by atoms with van der Waals surface area (Å²) in [5.41, 5.74) is 2.96. The van der Waals surface area contributed by atoms with E-state index in [1.54, 1.807) is 4.57 Å². The summed E-state index contributed by atoms with van der Waals surface area (Å²) >= 11 is 0. The number of carbonyl (C=O) groups excluding carboxylic acids is 1. The molecule has 30 heavy (non-hydrogen) atoms. The number of aromatic amines is 1. The molecule has 2 N–H and O–H groups in total. The molecule has 0 spiro atoms. The van der Waals surface area contributed by atoms with Crippen LogP contribution in [0.1, 0.15) is 31.5 Å². The van der Waals surface area contributed by atoms with Gasteiger partial charge in [-0.25, -0.2) is 9.78 Å². The molecule has 0 saturated heterocycles. The smallest absolute Gasteiger partial charge is 0.325 e. The lowest BCUT2D eigenvalue weighted by Crippen LogP contribution is -2.29. The largest absolute Gasteiger partial charge is 0.329 e. The van der Waals surface area contributed by atoms with Gasteiger partial charge >= 0.3 is 5.69 Å². The number of imidazole rings is 1. The lowest BCUT2D eigenvalue weighted by molar-refractivity contribution is -0.116. The Balaban J connectivity index is 1.32. The van der Waals surface area contributed by atoms with Crippen LogP contribution in [0, 0.1) is 0 Å². The molecule has 0 bridgehead atoms. The summed E-state index contributed by atoms with van der Waals surface area (Å²) in [5.74, 6) is 1.87. The zero-order valence-electron chi connectivity index (χ0n) is 16.6. The average molecular weight is 402 g/mol. The van der Waals surface area contributed by atoms with Gasteiger partial charge in [-0.1, -0.05) is 12.1 Å². The van der Waals surface area contributed by atoms with E-state index in [2.05, 4.69) is 20.5 Å². The highest BCUT2D eigenvalue weighted by molar-refractivity contribution is 5.91. The number of rotatable bonds is 6. The molecule has 0 aliphatic heterocycles. The van der Waals surface area contributed by atoms with E-state index in [1.807, 2.05) is 55.5 Å². The molecule has 152 valence electrons. The van der Waals surface area contributed by atoms with Crippen molar-refractivity contribution in [2.24, 2.45) is 0 Å². The zero-order valence-corrected chi connectivity index (χ0v) is 16.6. The number of hydrogen-bond donors (Lipinski definition) is 2. The first-order chi connectivity index (χ1) is 14.6. The van der Waals surface area contributed by atoms with Crippen LogP contribution in [0.15, 0.2) is 53.3 Å². The predicted molar refractivity (Wildman–Crippen MR) is 114 cm³/mol. The number of amides is 1. The van der Waals surface area contributed by atoms with Crippen LogP contribution < -0.4 is 11.0 Å². The Morgan fingerprint density at radius 3 is 2.47 bits per heavy atom. The standard InChI is InChI=1S/C22H22N6O2/c1-2-27-17-5-3-4-6-18(17)28(22(27)30)13-19(29)23-16-11-9-15(10-12-16)21-24-20(25-26-21)14-7-8-14/h3-6,9-12,14H,2,7-8,13H2,1H3,(H,23,29)(H,24,25,26). The summed E-state index contributed by atoms with van der Waals surface area (Å²) in [6.45, 7) is 2.43. The Morgan fingerprint density at radius 2 is 1.80 bits per heavy atom. The van der Waals surface area contributed by atoms with Crippen molar-refractivity contribution in [3.8, 4) is 11.4 Å². The second-order valence-corrected chi connectivity index (χ2v) is 7.55. The Labute approximate surface area is 172 Å². The van der Waals surface area contributed by atoms with Crippen molar-refractivity contribution in [3.05, 3.63) is 64.8 Å². The quantitative estimate of drug-likeness (QED) is 0.518. The molecule has 0 unspecified atom stereocenters. The van der Waals surface area contributed by atoms with E-state index in [4.69, 9.17) is 0 Å². The molecule has 5 rings (SSSR count). The summed E-state index contributed by atoms with van der Waals surface area (Å²) < 4.78 is 3.18. The third-order valence-corrected chi connectivity index (χ3v) is 5.44. The van der Waals surface area contributed by atoms with Gasteiger partial charge in [0.2, 0.25) is 5.91 Å². The maximum absolute atomic E-state index is 12.7. The number of aryl methyl sites for hydroxylation is 1. The van der Waals surface area contributed by atoms with Gasteiger partial charge in [-0.05, 0) is 56.2 Å². The number of nitrogens with one attached hydrogen (secondary N) is 2. The molecule has 0 radical (unpaired) electrons. The van der Waals surface area contributed by atoms with Crippen molar-refractivity contribution in [2.75, 3.05) is 5.32 Å². The van der Waals surface area contributed by atoms with Gasteiger partial charge in [0.25, 0.3) is 0 Å². The maximum atomic E-state index is 12.7. The van der Waals surface area contributed by atoms with E-state index in [1.165, 1.54) is 17.4 Å². The molecule has 1 aliphatic rings. The molecule has 1 aliphatic carbocycles. The van der Waals surface area contributed by atoms with Gasteiger partial charge in [-0.15, -0.1) is 0 Å². The van der Waals surface area contributed by atoms with Crippen molar-refractivity contribution in [3.63, 3.8) is 0 Å². The van der Waals surface area contributed by atoms with Gasteiger partial charge in [-0.2, -0.15) is 5.10 Å². The molecule has 2 heterocycles.